The van der Waals surface area contributed by atoms with Crippen molar-refractivity contribution in [2.45, 2.75) is 60.0 Å². The van der Waals surface area contributed by atoms with Crippen LogP contribution in [-0.2, 0) is 10.2 Å². The van der Waals surface area contributed by atoms with Crippen molar-refractivity contribution < 1.29 is 14.3 Å². The Morgan fingerprint density at radius 3 is 2.30 bits per heavy atom. The van der Waals surface area contributed by atoms with Gasteiger partial charge in [0.2, 0.25) is 0 Å². The molecule has 0 N–H and O–H groups in total. The molecular weight excluding hydrogens is 252 g/mol. The van der Waals surface area contributed by atoms with Crippen LogP contribution >= 0.6 is 0 Å². The average molecular weight is 278 g/mol. The maximum atomic E-state index is 12.3. The summed E-state index contributed by atoms with van der Waals surface area (Å²) in [6.07, 6.45) is -0.143. The fourth-order valence-corrected chi connectivity index (χ4v) is 2.06. The van der Waals surface area contributed by atoms with Crippen molar-refractivity contribution in [3.63, 3.8) is 0 Å². The monoisotopic (exact) mass is 278 g/mol. The molecule has 0 radical (unpaired) electrons. The van der Waals surface area contributed by atoms with Gasteiger partial charge in [-0.25, -0.2) is 4.79 Å². The summed E-state index contributed by atoms with van der Waals surface area (Å²) < 4.78 is 11.1. The van der Waals surface area contributed by atoms with Crippen LogP contribution in [0.3, 0.4) is 0 Å². The second-order valence-electron chi connectivity index (χ2n) is 6.33. The van der Waals surface area contributed by atoms with Crippen LogP contribution in [0.2, 0.25) is 0 Å². The second-order valence-corrected chi connectivity index (χ2v) is 6.33. The molecule has 112 valence electrons. The van der Waals surface area contributed by atoms with Gasteiger partial charge in [0.15, 0.2) is 0 Å². The van der Waals surface area contributed by atoms with E-state index in [0.717, 1.165) is 11.1 Å². The maximum Gasteiger partial charge on any atom is 0.342 e. The van der Waals surface area contributed by atoms with Gasteiger partial charge in [-0.3, -0.25) is 0 Å². The van der Waals surface area contributed by atoms with E-state index in [4.69, 9.17) is 9.47 Å². The first kappa shape index (κ1) is 16.5. The predicted molar refractivity (Wildman–Crippen MR) is 81.6 cm³/mol. The Hall–Kier alpha value is -1.51. The number of benzene rings is 1. The molecule has 20 heavy (non-hydrogen) atoms. The van der Waals surface area contributed by atoms with E-state index in [2.05, 4.69) is 26.8 Å². The molecule has 0 amide bonds. The Morgan fingerprint density at radius 2 is 1.85 bits per heavy atom. The van der Waals surface area contributed by atoms with Crippen LogP contribution in [0.25, 0.3) is 0 Å². The largest absolute Gasteiger partial charge is 0.493 e. The van der Waals surface area contributed by atoms with Gasteiger partial charge >= 0.3 is 5.97 Å². The quantitative estimate of drug-likeness (QED) is 0.772. The molecule has 0 aliphatic carbocycles. The highest BCUT2D eigenvalue weighted by molar-refractivity contribution is 5.93. The fourth-order valence-electron chi connectivity index (χ4n) is 2.06. The fraction of sp³-hybridized carbons (Fsp3) is 0.588. The van der Waals surface area contributed by atoms with E-state index in [-0.39, 0.29) is 17.5 Å². The van der Waals surface area contributed by atoms with E-state index in [1.165, 1.54) is 0 Å². The Bertz CT molecular complexity index is 482. The maximum absolute atomic E-state index is 12.3. The van der Waals surface area contributed by atoms with Crippen LogP contribution in [0.15, 0.2) is 12.1 Å². The molecule has 1 aromatic rings. The van der Waals surface area contributed by atoms with E-state index < -0.39 is 0 Å². The van der Waals surface area contributed by atoms with Gasteiger partial charge < -0.3 is 9.47 Å². The molecule has 3 heteroatoms. The van der Waals surface area contributed by atoms with Crippen LogP contribution < -0.4 is 4.74 Å². The van der Waals surface area contributed by atoms with E-state index in [9.17, 15) is 4.79 Å². The summed E-state index contributed by atoms with van der Waals surface area (Å²) in [6.45, 7) is 14.5. The third kappa shape index (κ3) is 3.99. The number of rotatable bonds is 4. The number of hydrogen-bond acceptors (Lipinski definition) is 3. The molecule has 0 atom stereocenters. The summed E-state index contributed by atoms with van der Waals surface area (Å²) in [6, 6.07) is 3.92. The first-order valence-corrected chi connectivity index (χ1v) is 7.15. The number of carbonyl (C=O) groups excluding carboxylic acids is 1. The van der Waals surface area contributed by atoms with Crippen molar-refractivity contribution in [3.05, 3.63) is 28.8 Å². The molecule has 0 saturated heterocycles. The average Bonchev–Trinajstić information content (AvgIpc) is 2.28. The zero-order valence-corrected chi connectivity index (χ0v) is 13.7. The third-order valence-corrected chi connectivity index (χ3v) is 2.89. The van der Waals surface area contributed by atoms with Crippen LogP contribution in [0.1, 0.15) is 63.0 Å². The zero-order chi connectivity index (χ0) is 15.5. The van der Waals surface area contributed by atoms with E-state index in [0.29, 0.717) is 17.9 Å². The molecule has 0 saturated carbocycles. The zero-order valence-electron chi connectivity index (χ0n) is 13.7. The molecule has 1 aromatic carbocycles. The lowest BCUT2D eigenvalue weighted by Crippen LogP contribution is -2.19. The molecule has 0 aliphatic rings. The van der Waals surface area contributed by atoms with E-state index in [1.54, 1.807) is 0 Å². The minimum Gasteiger partial charge on any atom is -0.493 e. The molecule has 0 unspecified atom stereocenters. The SMILES string of the molecule is CCOc1c(C(=O)OC(C)C)cc(C)cc1C(C)(C)C. The van der Waals surface area contributed by atoms with Gasteiger partial charge in [-0.2, -0.15) is 0 Å². The highest BCUT2D eigenvalue weighted by atomic mass is 16.5. The lowest BCUT2D eigenvalue weighted by atomic mass is 9.84. The first-order valence-electron chi connectivity index (χ1n) is 7.15. The lowest BCUT2D eigenvalue weighted by Gasteiger charge is -2.25. The predicted octanol–water partition coefficient (Wildman–Crippen LogP) is 4.26. The molecule has 1 rings (SSSR count). The Kier molecular flexibility index (Phi) is 5.21. The second kappa shape index (κ2) is 6.29. The summed E-state index contributed by atoms with van der Waals surface area (Å²) in [4.78, 5) is 12.3. The van der Waals surface area contributed by atoms with Crippen molar-refractivity contribution in [3.8, 4) is 5.75 Å². The molecule has 0 heterocycles. The molecular formula is C17H26O3. The smallest absolute Gasteiger partial charge is 0.342 e. The molecule has 0 fully saturated rings. The van der Waals surface area contributed by atoms with Crippen LogP contribution in [0.5, 0.6) is 5.75 Å². The number of carbonyl (C=O) groups is 1. The van der Waals surface area contributed by atoms with Crippen molar-refractivity contribution in [1.29, 1.82) is 0 Å². The van der Waals surface area contributed by atoms with Crippen molar-refractivity contribution >= 4 is 5.97 Å². The Labute approximate surface area is 122 Å². The standard InChI is InChI=1S/C17H26O3/c1-8-19-15-13(16(18)20-11(2)3)9-12(4)10-14(15)17(5,6)7/h9-11H,8H2,1-7H3. The number of ether oxygens (including phenoxy) is 2. The van der Waals surface area contributed by atoms with Crippen molar-refractivity contribution in [1.82, 2.24) is 0 Å². The van der Waals surface area contributed by atoms with E-state index >= 15 is 0 Å². The topological polar surface area (TPSA) is 35.5 Å². The summed E-state index contributed by atoms with van der Waals surface area (Å²) in [5.74, 6) is 0.328. The van der Waals surface area contributed by atoms with Gasteiger partial charge in [0.25, 0.3) is 0 Å². The van der Waals surface area contributed by atoms with Crippen LogP contribution in [0, 0.1) is 6.92 Å². The van der Waals surface area contributed by atoms with Crippen LogP contribution in [0.4, 0.5) is 0 Å². The minimum atomic E-state index is -0.322. The Morgan fingerprint density at radius 1 is 1.25 bits per heavy atom. The minimum absolute atomic E-state index is 0.0939. The summed E-state index contributed by atoms with van der Waals surface area (Å²) in [5.41, 5.74) is 2.50. The van der Waals surface area contributed by atoms with Gasteiger partial charge in [0, 0.05) is 5.56 Å². The number of aryl methyl sites for hydroxylation is 1. The van der Waals surface area contributed by atoms with E-state index in [1.807, 2.05) is 33.8 Å². The van der Waals surface area contributed by atoms with Gasteiger partial charge in [-0.05, 0) is 44.7 Å². The lowest BCUT2D eigenvalue weighted by molar-refractivity contribution is 0.0373. The molecule has 0 aliphatic heterocycles. The van der Waals surface area contributed by atoms with Crippen LogP contribution in [-0.4, -0.2) is 18.7 Å². The number of esters is 1. The molecule has 0 aromatic heterocycles. The number of hydrogen-bond donors (Lipinski definition) is 0. The van der Waals surface area contributed by atoms with Crippen molar-refractivity contribution in [2.24, 2.45) is 0 Å². The molecule has 3 nitrogen and oxygen atoms in total. The normalized spacial score (nSPS) is 11.6. The van der Waals surface area contributed by atoms with Gasteiger partial charge in [0.1, 0.15) is 11.3 Å². The summed E-state index contributed by atoms with van der Waals surface area (Å²) in [5, 5.41) is 0. The first-order chi connectivity index (χ1) is 9.16. The van der Waals surface area contributed by atoms with Crippen molar-refractivity contribution in [2.75, 3.05) is 6.61 Å². The molecule has 0 bridgehead atoms. The summed E-state index contributed by atoms with van der Waals surface area (Å²) in [7, 11) is 0. The highest BCUT2D eigenvalue weighted by Gasteiger charge is 2.25. The highest BCUT2D eigenvalue weighted by Crippen LogP contribution is 2.36. The third-order valence-electron chi connectivity index (χ3n) is 2.89. The summed E-state index contributed by atoms with van der Waals surface area (Å²) >= 11 is 0. The Balaban J connectivity index is 3.42. The van der Waals surface area contributed by atoms with Gasteiger partial charge in [-0.1, -0.05) is 26.8 Å². The van der Waals surface area contributed by atoms with Gasteiger partial charge in [0.05, 0.1) is 12.7 Å². The molecule has 0 spiro atoms. The van der Waals surface area contributed by atoms with Gasteiger partial charge in [-0.15, -0.1) is 0 Å².